The summed E-state index contributed by atoms with van der Waals surface area (Å²) in [7, 11) is 0. The predicted molar refractivity (Wildman–Crippen MR) is 104 cm³/mol. The first-order chi connectivity index (χ1) is 14.7. The average molecular weight is 426 g/mol. The van der Waals surface area contributed by atoms with E-state index in [9.17, 15) is 38.7 Å². The second kappa shape index (κ2) is 7.17. The topological polar surface area (TPSA) is 130 Å². The third kappa shape index (κ3) is 3.14. The Labute approximate surface area is 172 Å². The SMILES string of the molecule is O=C1c2c(O)ccc([N+](=O)[O-])c2C(=O)c2c(O)ccc(Nc3cccc(C(F)F)c3)c21. The minimum absolute atomic E-state index is 0.00544. The minimum atomic E-state index is -2.73. The lowest BCUT2D eigenvalue weighted by atomic mass is 9.81. The highest BCUT2D eigenvalue weighted by atomic mass is 19.3. The molecule has 0 saturated heterocycles. The summed E-state index contributed by atoms with van der Waals surface area (Å²) in [6.07, 6.45) is -2.73. The van der Waals surface area contributed by atoms with Gasteiger partial charge in [-0.15, -0.1) is 0 Å². The Morgan fingerprint density at radius 2 is 1.48 bits per heavy atom. The van der Waals surface area contributed by atoms with Crippen molar-refractivity contribution < 1.29 is 33.5 Å². The number of carbonyl (C=O) groups is 2. The number of nitrogens with zero attached hydrogens (tertiary/aromatic N) is 1. The summed E-state index contributed by atoms with van der Waals surface area (Å²) in [5, 5.41) is 34.5. The van der Waals surface area contributed by atoms with E-state index in [0.29, 0.717) is 0 Å². The number of fused-ring (bicyclic) bond motifs is 2. The first kappa shape index (κ1) is 20.0. The number of ketones is 2. The number of benzene rings is 3. The van der Waals surface area contributed by atoms with E-state index in [1.165, 1.54) is 24.3 Å². The molecule has 0 unspecified atom stereocenters. The van der Waals surface area contributed by atoms with Crippen LogP contribution in [0.5, 0.6) is 11.5 Å². The maximum absolute atomic E-state index is 13.2. The van der Waals surface area contributed by atoms with Crippen molar-refractivity contribution in [2.75, 3.05) is 5.32 Å². The van der Waals surface area contributed by atoms with Crippen molar-refractivity contribution >= 4 is 28.6 Å². The molecule has 1 aliphatic carbocycles. The van der Waals surface area contributed by atoms with E-state index in [0.717, 1.165) is 24.3 Å². The third-order valence-electron chi connectivity index (χ3n) is 4.87. The highest BCUT2D eigenvalue weighted by molar-refractivity contribution is 6.33. The standard InChI is InChI=1S/C21H12F2N2O6/c22-21(23)9-2-1-3-10(8-9)24-11-4-6-13(26)17-15(11)19(28)18-14(27)7-5-12(25(30)31)16(18)20(17)29/h1-8,21,24,26-27H. The lowest BCUT2D eigenvalue weighted by Gasteiger charge is -2.22. The van der Waals surface area contributed by atoms with Crippen LogP contribution >= 0.6 is 0 Å². The number of alkyl halides is 2. The summed E-state index contributed by atoms with van der Waals surface area (Å²) in [5.74, 6) is -3.19. The molecular formula is C21H12F2N2O6. The molecule has 31 heavy (non-hydrogen) atoms. The monoisotopic (exact) mass is 426 g/mol. The van der Waals surface area contributed by atoms with Crippen LogP contribution in [0.15, 0.2) is 48.5 Å². The molecule has 0 saturated carbocycles. The van der Waals surface area contributed by atoms with Crippen LogP contribution in [0.2, 0.25) is 0 Å². The number of aromatic hydroxyl groups is 2. The zero-order valence-corrected chi connectivity index (χ0v) is 15.4. The molecule has 0 amide bonds. The van der Waals surface area contributed by atoms with E-state index in [2.05, 4.69) is 5.32 Å². The second-order valence-electron chi connectivity index (χ2n) is 6.70. The van der Waals surface area contributed by atoms with Gasteiger partial charge in [0.05, 0.1) is 27.3 Å². The lowest BCUT2D eigenvalue weighted by molar-refractivity contribution is -0.385. The number of anilines is 2. The van der Waals surface area contributed by atoms with Crippen molar-refractivity contribution in [2.24, 2.45) is 0 Å². The molecule has 0 spiro atoms. The number of hydrogen-bond acceptors (Lipinski definition) is 7. The van der Waals surface area contributed by atoms with Gasteiger partial charge in [0.25, 0.3) is 12.1 Å². The first-order valence-corrected chi connectivity index (χ1v) is 8.81. The zero-order chi connectivity index (χ0) is 22.4. The number of phenols is 2. The largest absolute Gasteiger partial charge is 0.507 e. The summed E-state index contributed by atoms with van der Waals surface area (Å²) in [4.78, 5) is 36.7. The third-order valence-corrected chi connectivity index (χ3v) is 4.87. The van der Waals surface area contributed by atoms with Crippen molar-refractivity contribution in [3.05, 3.63) is 86.5 Å². The summed E-state index contributed by atoms with van der Waals surface area (Å²) in [6, 6.07) is 9.36. The van der Waals surface area contributed by atoms with Crippen molar-refractivity contribution in [3.8, 4) is 11.5 Å². The van der Waals surface area contributed by atoms with Crippen LogP contribution in [0.3, 0.4) is 0 Å². The Morgan fingerprint density at radius 3 is 2.13 bits per heavy atom. The molecule has 3 aromatic rings. The Bertz CT molecular complexity index is 1290. The number of nitro groups is 1. The van der Waals surface area contributed by atoms with Gasteiger partial charge in [0.2, 0.25) is 11.6 Å². The Hall–Kier alpha value is -4.34. The molecule has 0 radical (unpaired) electrons. The number of nitrogens with one attached hydrogen (secondary N) is 1. The Morgan fingerprint density at radius 1 is 0.871 bits per heavy atom. The summed E-state index contributed by atoms with van der Waals surface area (Å²) >= 11 is 0. The minimum Gasteiger partial charge on any atom is -0.507 e. The van der Waals surface area contributed by atoms with Gasteiger partial charge in [-0.2, -0.15) is 0 Å². The number of phenolic OH excluding ortho intramolecular Hbond substituents is 2. The molecule has 0 atom stereocenters. The number of nitro benzene ring substituents is 1. The fourth-order valence-corrected chi connectivity index (χ4v) is 3.51. The van der Waals surface area contributed by atoms with Crippen LogP contribution in [0.4, 0.5) is 25.8 Å². The fraction of sp³-hybridized carbons (Fsp3) is 0.0476. The smallest absolute Gasteiger partial charge is 0.281 e. The van der Waals surface area contributed by atoms with Crippen molar-refractivity contribution in [2.45, 2.75) is 6.43 Å². The molecule has 1 aliphatic rings. The number of rotatable bonds is 4. The summed E-state index contributed by atoms with van der Waals surface area (Å²) in [5.41, 5.74) is -2.82. The van der Waals surface area contributed by atoms with Gasteiger partial charge in [0, 0.05) is 17.3 Å². The van der Waals surface area contributed by atoms with E-state index >= 15 is 0 Å². The van der Waals surface area contributed by atoms with Gasteiger partial charge < -0.3 is 15.5 Å². The molecule has 10 heteroatoms. The normalized spacial score (nSPS) is 12.5. The molecule has 3 aromatic carbocycles. The van der Waals surface area contributed by atoms with Crippen LogP contribution in [0.25, 0.3) is 0 Å². The summed E-state index contributed by atoms with van der Waals surface area (Å²) < 4.78 is 26.0. The predicted octanol–water partition coefficient (Wildman–Crippen LogP) is 4.46. The summed E-state index contributed by atoms with van der Waals surface area (Å²) in [6.45, 7) is 0. The van der Waals surface area contributed by atoms with Crippen LogP contribution in [0.1, 0.15) is 43.8 Å². The maximum Gasteiger partial charge on any atom is 0.281 e. The molecule has 0 bridgehead atoms. The van der Waals surface area contributed by atoms with Gasteiger partial charge >= 0.3 is 0 Å². The van der Waals surface area contributed by atoms with Crippen LogP contribution in [-0.2, 0) is 0 Å². The molecule has 3 N–H and O–H groups in total. The molecule has 156 valence electrons. The Kier molecular flexibility index (Phi) is 4.61. The van der Waals surface area contributed by atoms with Gasteiger partial charge in [0.1, 0.15) is 17.1 Å². The fourth-order valence-electron chi connectivity index (χ4n) is 3.51. The highest BCUT2D eigenvalue weighted by Crippen LogP contribution is 2.43. The first-order valence-electron chi connectivity index (χ1n) is 8.81. The molecule has 0 heterocycles. The van der Waals surface area contributed by atoms with Crippen molar-refractivity contribution in [3.63, 3.8) is 0 Å². The van der Waals surface area contributed by atoms with E-state index in [-0.39, 0.29) is 22.5 Å². The zero-order valence-electron chi connectivity index (χ0n) is 15.4. The van der Waals surface area contributed by atoms with E-state index in [1.807, 2.05) is 0 Å². The van der Waals surface area contributed by atoms with Crippen molar-refractivity contribution in [1.82, 2.24) is 0 Å². The van der Waals surface area contributed by atoms with Gasteiger partial charge in [-0.1, -0.05) is 12.1 Å². The van der Waals surface area contributed by atoms with Gasteiger partial charge in [0.15, 0.2) is 0 Å². The van der Waals surface area contributed by atoms with Crippen molar-refractivity contribution in [1.29, 1.82) is 0 Å². The van der Waals surface area contributed by atoms with E-state index in [1.54, 1.807) is 0 Å². The second-order valence-corrected chi connectivity index (χ2v) is 6.70. The van der Waals surface area contributed by atoms with Crippen LogP contribution in [-0.4, -0.2) is 26.7 Å². The highest BCUT2D eigenvalue weighted by Gasteiger charge is 2.40. The quantitative estimate of drug-likeness (QED) is 0.249. The average Bonchev–Trinajstić information content (AvgIpc) is 2.72. The van der Waals surface area contributed by atoms with Gasteiger partial charge in [-0.05, 0) is 30.3 Å². The number of halogens is 2. The van der Waals surface area contributed by atoms with Gasteiger partial charge in [-0.25, -0.2) is 8.78 Å². The molecule has 4 rings (SSSR count). The Balaban J connectivity index is 1.91. The molecule has 0 aliphatic heterocycles. The maximum atomic E-state index is 13.2. The number of hydrogen-bond donors (Lipinski definition) is 3. The number of carbonyl (C=O) groups excluding carboxylic acids is 2. The lowest BCUT2D eigenvalue weighted by Crippen LogP contribution is -2.23. The molecular weight excluding hydrogens is 414 g/mol. The van der Waals surface area contributed by atoms with Crippen LogP contribution < -0.4 is 5.32 Å². The molecule has 8 nitrogen and oxygen atoms in total. The van der Waals surface area contributed by atoms with E-state index in [4.69, 9.17) is 0 Å². The van der Waals surface area contributed by atoms with E-state index < -0.39 is 56.8 Å². The van der Waals surface area contributed by atoms with Crippen LogP contribution in [0, 0.1) is 10.1 Å². The molecule has 0 aromatic heterocycles. The molecule has 0 fully saturated rings. The van der Waals surface area contributed by atoms with Gasteiger partial charge in [-0.3, -0.25) is 19.7 Å².